The van der Waals surface area contributed by atoms with Gasteiger partial charge in [0.05, 0.1) is 8.07 Å². The van der Waals surface area contributed by atoms with Gasteiger partial charge in [-0.2, -0.15) is 0 Å². The maximum Gasteiger partial charge on any atom is 0.0679 e. The van der Waals surface area contributed by atoms with Gasteiger partial charge < -0.3 is 5.32 Å². The second-order valence-electron chi connectivity index (χ2n) is 6.73. The van der Waals surface area contributed by atoms with E-state index in [0.29, 0.717) is 5.04 Å². The molecule has 0 aliphatic carbocycles. The molecule has 0 rings (SSSR count). The van der Waals surface area contributed by atoms with E-state index in [4.69, 9.17) is 0 Å². The highest BCUT2D eigenvalue weighted by atomic mass is 28.3. The van der Waals surface area contributed by atoms with E-state index in [9.17, 15) is 0 Å². The first kappa shape index (κ1) is 16.1. The first-order valence-electron chi connectivity index (χ1n) is 6.51. The van der Waals surface area contributed by atoms with Crippen molar-refractivity contribution in [2.75, 3.05) is 12.7 Å². The lowest BCUT2D eigenvalue weighted by atomic mass is 10.2. The molecule has 1 N–H and O–H groups in total. The number of rotatable bonds is 6. The van der Waals surface area contributed by atoms with Crippen molar-refractivity contribution in [1.29, 1.82) is 0 Å². The monoisotopic (exact) mass is 257 g/mol. The van der Waals surface area contributed by atoms with Gasteiger partial charge in [0.1, 0.15) is 0 Å². The van der Waals surface area contributed by atoms with Crippen LogP contribution >= 0.6 is 0 Å². The average Bonchev–Trinajstić information content (AvgIpc) is 2.08. The topological polar surface area (TPSA) is 12.0 Å². The Balaban J connectivity index is 3.71. The van der Waals surface area contributed by atoms with Crippen LogP contribution in [0.4, 0.5) is 0 Å². The molecule has 0 radical (unpaired) electrons. The average molecular weight is 258 g/mol. The first-order valence-corrected chi connectivity index (χ1v) is 11.5. The van der Waals surface area contributed by atoms with Gasteiger partial charge in [-0.25, -0.2) is 0 Å². The van der Waals surface area contributed by atoms with Gasteiger partial charge in [0, 0.05) is 9.52 Å². The van der Waals surface area contributed by atoms with Crippen molar-refractivity contribution in [3.63, 3.8) is 0 Å². The summed E-state index contributed by atoms with van der Waals surface area (Å²) in [6.07, 6.45) is 1.26. The summed E-state index contributed by atoms with van der Waals surface area (Å²) in [4.78, 5) is 0. The Morgan fingerprint density at radius 3 is 2.25 bits per heavy atom. The van der Waals surface area contributed by atoms with Crippen molar-refractivity contribution >= 4 is 17.6 Å². The molecule has 1 nitrogen and oxygen atoms in total. The fourth-order valence-corrected chi connectivity index (χ4v) is 3.85. The molecule has 0 bridgehead atoms. The van der Waals surface area contributed by atoms with E-state index >= 15 is 0 Å². The summed E-state index contributed by atoms with van der Waals surface area (Å²) >= 11 is 0. The lowest BCUT2D eigenvalue weighted by Crippen LogP contribution is -2.47. The minimum atomic E-state index is -1.10. The van der Waals surface area contributed by atoms with Crippen LogP contribution in [0.1, 0.15) is 34.6 Å². The molecule has 0 fully saturated rings. The molecule has 0 amide bonds. The molecule has 0 atom stereocenters. The van der Waals surface area contributed by atoms with Gasteiger partial charge in [-0.05, 0) is 37.6 Å². The number of hydrogen-bond acceptors (Lipinski definition) is 1. The van der Waals surface area contributed by atoms with Crippen molar-refractivity contribution < 1.29 is 0 Å². The van der Waals surface area contributed by atoms with Gasteiger partial charge in [-0.1, -0.05) is 39.4 Å². The molecule has 0 aromatic carbocycles. The quantitative estimate of drug-likeness (QED) is 0.569. The molecule has 0 saturated carbocycles. The Hall–Kier alpha value is 0.134. The van der Waals surface area contributed by atoms with Crippen LogP contribution in [0.3, 0.4) is 0 Å². The summed E-state index contributed by atoms with van der Waals surface area (Å²) in [5.74, 6) is 0. The van der Waals surface area contributed by atoms with Gasteiger partial charge in [-0.15, -0.1) is 5.70 Å². The fourth-order valence-electron chi connectivity index (χ4n) is 1.28. The minimum absolute atomic E-state index is 0.0564. The van der Waals surface area contributed by atoms with Gasteiger partial charge in [0.25, 0.3) is 0 Å². The molecule has 0 heterocycles. The summed E-state index contributed by atoms with van der Waals surface area (Å²) in [6.45, 7) is 17.8. The van der Waals surface area contributed by atoms with E-state index in [-0.39, 0.29) is 9.52 Å². The molecular formula is C13H31NSi2. The van der Waals surface area contributed by atoms with Crippen LogP contribution in [-0.4, -0.2) is 30.3 Å². The molecule has 0 aliphatic rings. The number of nitrogens with one attached hydrogen (secondary N) is 1. The van der Waals surface area contributed by atoms with Crippen LogP contribution < -0.4 is 5.32 Å². The van der Waals surface area contributed by atoms with E-state index in [0.717, 1.165) is 0 Å². The van der Waals surface area contributed by atoms with Gasteiger partial charge in [-0.3, -0.25) is 0 Å². The third-order valence-electron chi connectivity index (χ3n) is 3.71. The largest absolute Gasteiger partial charge is 0.320 e. The summed E-state index contributed by atoms with van der Waals surface area (Å²) in [5.41, 5.74) is 3.96. The fraction of sp³-hybridized carbons (Fsp3) is 0.846. The third-order valence-corrected chi connectivity index (χ3v) is 10.8. The van der Waals surface area contributed by atoms with Crippen molar-refractivity contribution in [3.8, 4) is 0 Å². The predicted molar refractivity (Wildman–Crippen MR) is 82.8 cm³/mol. The molecule has 0 saturated heterocycles. The second kappa shape index (κ2) is 6.77. The SMILES string of the molecule is CC(C)=C[SiH2]CCNC[Si](C)(C)C(C)(C)C. The van der Waals surface area contributed by atoms with Gasteiger partial charge in [0.2, 0.25) is 0 Å². The van der Waals surface area contributed by atoms with Gasteiger partial charge >= 0.3 is 0 Å². The minimum Gasteiger partial charge on any atom is -0.320 e. The summed E-state index contributed by atoms with van der Waals surface area (Å²) in [6, 6.07) is 1.40. The van der Waals surface area contributed by atoms with Crippen LogP contribution in [0.2, 0.25) is 24.2 Å². The molecule has 0 aromatic heterocycles. The smallest absolute Gasteiger partial charge is 0.0679 e. The molecule has 0 aromatic rings. The standard InChI is InChI=1S/C13H31NSi2/c1-12(2)10-15-9-8-14-11-16(6,7)13(3,4)5/h10,14H,8-9,11,15H2,1-7H3. The molecule has 96 valence electrons. The Labute approximate surface area is 106 Å². The van der Waals surface area contributed by atoms with Crippen LogP contribution in [0.5, 0.6) is 0 Å². The summed E-state index contributed by atoms with van der Waals surface area (Å²) in [5, 5.41) is 4.18. The van der Waals surface area contributed by atoms with Crippen LogP contribution in [-0.2, 0) is 0 Å². The highest BCUT2D eigenvalue weighted by Crippen LogP contribution is 2.35. The Morgan fingerprint density at radius 2 is 1.81 bits per heavy atom. The highest BCUT2D eigenvalue weighted by molar-refractivity contribution is 6.80. The van der Waals surface area contributed by atoms with Crippen molar-refractivity contribution in [1.82, 2.24) is 5.32 Å². The molecular weight excluding hydrogens is 226 g/mol. The van der Waals surface area contributed by atoms with Crippen LogP contribution in [0.25, 0.3) is 0 Å². The zero-order valence-corrected chi connectivity index (χ0v) is 14.8. The van der Waals surface area contributed by atoms with E-state index in [1.165, 1.54) is 24.3 Å². The third kappa shape index (κ3) is 6.66. The van der Waals surface area contributed by atoms with Crippen molar-refractivity contribution in [2.45, 2.75) is 58.8 Å². The lowest BCUT2D eigenvalue weighted by Gasteiger charge is -2.37. The van der Waals surface area contributed by atoms with Crippen molar-refractivity contribution in [2.24, 2.45) is 0 Å². The number of allylic oxidation sites excluding steroid dienone is 1. The zero-order valence-electron chi connectivity index (χ0n) is 12.4. The van der Waals surface area contributed by atoms with E-state index < -0.39 is 8.07 Å². The van der Waals surface area contributed by atoms with Crippen LogP contribution in [0, 0.1) is 0 Å². The van der Waals surface area contributed by atoms with E-state index in [2.05, 4.69) is 58.7 Å². The van der Waals surface area contributed by atoms with E-state index in [1.54, 1.807) is 0 Å². The lowest BCUT2D eigenvalue weighted by molar-refractivity contribution is 0.691. The summed E-state index contributed by atoms with van der Waals surface area (Å²) in [7, 11) is -1.04. The predicted octanol–water partition coefficient (Wildman–Crippen LogP) is 3.13. The van der Waals surface area contributed by atoms with Crippen molar-refractivity contribution in [3.05, 3.63) is 11.3 Å². The van der Waals surface area contributed by atoms with E-state index in [1.807, 2.05) is 0 Å². The Morgan fingerprint density at radius 1 is 1.25 bits per heavy atom. The molecule has 0 unspecified atom stereocenters. The molecule has 3 heteroatoms. The maximum atomic E-state index is 3.67. The second-order valence-corrected chi connectivity index (χ2v) is 14.0. The Bertz CT molecular complexity index is 223. The first-order chi connectivity index (χ1) is 7.17. The van der Waals surface area contributed by atoms with Crippen LogP contribution in [0.15, 0.2) is 11.3 Å². The molecule has 0 aliphatic heterocycles. The Kier molecular flexibility index (Phi) is 6.83. The normalized spacial score (nSPS) is 13.4. The van der Waals surface area contributed by atoms with Gasteiger partial charge in [0.15, 0.2) is 0 Å². The highest BCUT2D eigenvalue weighted by Gasteiger charge is 2.34. The molecule has 0 spiro atoms. The summed E-state index contributed by atoms with van der Waals surface area (Å²) < 4.78 is 0. The maximum absolute atomic E-state index is 3.67. The number of hydrogen-bond donors (Lipinski definition) is 1. The zero-order chi connectivity index (χ0) is 12.8. The molecule has 16 heavy (non-hydrogen) atoms.